The number of esters is 2. The molecule has 2 saturated carbocycles. The molecule has 0 radical (unpaired) electrons. The van der Waals surface area contributed by atoms with Gasteiger partial charge in [-0.3, -0.25) is 9.59 Å². The van der Waals surface area contributed by atoms with Crippen LogP contribution in [0.3, 0.4) is 0 Å². The third kappa shape index (κ3) is 4.83. The van der Waals surface area contributed by atoms with Crippen molar-refractivity contribution in [3.63, 3.8) is 0 Å². The molecule has 20 heavy (non-hydrogen) atoms. The molecule has 2 aliphatic carbocycles. The van der Waals surface area contributed by atoms with E-state index in [-0.39, 0.29) is 23.8 Å². The van der Waals surface area contributed by atoms with Gasteiger partial charge in [-0.1, -0.05) is 12.2 Å². The SMILES string of the molecule is C=C[C@@H]1C[C@H]1C(=O)OCC.C=C[C@H]1C[C@H]1C(=O)OCC. The molecule has 0 bridgehead atoms. The zero-order valence-electron chi connectivity index (χ0n) is 12.3. The van der Waals surface area contributed by atoms with Gasteiger partial charge in [0, 0.05) is 0 Å². The second-order valence-corrected chi connectivity index (χ2v) is 4.99. The fourth-order valence-corrected chi connectivity index (χ4v) is 1.99. The Balaban J connectivity index is 0.000000200. The fourth-order valence-electron chi connectivity index (χ4n) is 1.99. The Morgan fingerprint density at radius 2 is 1.30 bits per heavy atom. The minimum Gasteiger partial charge on any atom is -0.466 e. The number of rotatable bonds is 6. The summed E-state index contributed by atoms with van der Waals surface area (Å²) in [7, 11) is 0. The average Bonchev–Trinajstić information content (AvgIpc) is 3.32. The van der Waals surface area contributed by atoms with Crippen LogP contribution in [0.2, 0.25) is 0 Å². The van der Waals surface area contributed by atoms with Crippen molar-refractivity contribution in [1.29, 1.82) is 0 Å². The van der Waals surface area contributed by atoms with Crippen LogP contribution in [0.4, 0.5) is 0 Å². The van der Waals surface area contributed by atoms with Crippen LogP contribution >= 0.6 is 0 Å². The summed E-state index contributed by atoms with van der Waals surface area (Å²) in [4.78, 5) is 21.8. The summed E-state index contributed by atoms with van der Waals surface area (Å²) in [5, 5.41) is 0. The predicted molar refractivity (Wildman–Crippen MR) is 76.9 cm³/mol. The van der Waals surface area contributed by atoms with E-state index in [1.165, 1.54) is 0 Å². The highest BCUT2D eigenvalue weighted by atomic mass is 16.5. The summed E-state index contributed by atoms with van der Waals surface area (Å²) >= 11 is 0. The Hall–Kier alpha value is -1.58. The Kier molecular flexibility index (Phi) is 6.49. The van der Waals surface area contributed by atoms with Gasteiger partial charge in [0.25, 0.3) is 0 Å². The van der Waals surface area contributed by atoms with Crippen LogP contribution in [0.5, 0.6) is 0 Å². The average molecular weight is 280 g/mol. The number of hydrogen-bond acceptors (Lipinski definition) is 4. The first-order valence-corrected chi connectivity index (χ1v) is 7.17. The molecule has 0 spiro atoms. The quantitative estimate of drug-likeness (QED) is 0.554. The van der Waals surface area contributed by atoms with Gasteiger partial charge in [0.15, 0.2) is 0 Å². The Labute approximate surface area is 120 Å². The van der Waals surface area contributed by atoms with Crippen molar-refractivity contribution in [3.8, 4) is 0 Å². The molecule has 0 saturated heterocycles. The van der Waals surface area contributed by atoms with Gasteiger partial charge in [-0.2, -0.15) is 0 Å². The van der Waals surface area contributed by atoms with Gasteiger partial charge in [-0.25, -0.2) is 0 Å². The van der Waals surface area contributed by atoms with E-state index in [4.69, 9.17) is 9.47 Å². The molecular formula is C16H24O4. The van der Waals surface area contributed by atoms with Crippen molar-refractivity contribution in [3.05, 3.63) is 25.3 Å². The molecule has 2 rings (SSSR count). The van der Waals surface area contributed by atoms with E-state index in [1.54, 1.807) is 0 Å². The molecular weight excluding hydrogens is 256 g/mol. The molecule has 112 valence electrons. The zero-order chi connectivity index (χ0) is 15.1. The van der Waals surface area contributed by atoms with E-state index in [9.17, 15) is 9.59 Å². The molecule has 0 unspecified atom stereocenters. The van der Waals surface area contributed by atoms with E-state index < -0.39 is 0 Å². The number of carbonyl (C=O) groups excluding carboxylic acids is 2. The molecule has 0 aromatic carbocycles. The summed E-state index contributed by atoms with van der Waals surface area (Å²) in [6.45, 7) is 11.8. The van der Waals surface area contributed by atoms with Crippen LogP contribution in [0.15, 0.2) is 25.3 Å². The monoisotopic (exact) mass is 280 g/mol. The molecule has 2 fully saturated rings. The van der Waals surface area contributed by atoms with Crippen molar-refractivity contribution in [1.82, 2.24) is 0 Å². The second-order valence-electron chi connectivity index (χ2n) is 4.99. The van der Waals surface area contributed by atoms with Gasteiger partial charge >= 0.3 is 11.9 Å². The molecule has 4 heteroatoms. The lowest BCUT2D eigenvalue weighted by atomic mass is 10.3. The summed E-state index contributed by atoms with van der Waals surface area (Å²) in [6.07, 6.45) is 5.51. The first kappa shape index (κ1) is 16.5. The van der Waals surface area contributed by atoms with Crippen LogP contribution in [0.1, 0.15) is 26.7 Å². The number of allylic oxidation sites excluding steroid dienone is 2. The lowest BCUT2D eigenvalue weighted by molar-refractivity contribution is -0.145. The maximum atomic E-state index is 10.9. The minimum atomic E-state index is -0.0626. The van der Waals surface area contributed by atoms with Crippen LogP contribution in [-0.2, 0) is 19.1 Å². The highest BCUT2D eigenvalue weighted by Crippen LogP contribution is 2.40. The maximum absolute atomic E-state index is 10.9. The van der Waals surface area contributed by atoms with E-state index >= 15 is 0 Å². The van der Waals surface area contributed by atoms with E-state index in [0.29, 0.717) is 25.0 Å². The molecule has 0 aliphatic heterocycles. The summed E-state index contributed by atoms with van der Waals surface area (Å²) in [5.41, 5.74) is 0. The van der Waals surface area contributed by atoms with E-state index in [0.717, 1.165) is 12.8 Å². The number of carbonyl (C=O) groups is 2. The van der Waals surface area contributed by atoms with Gasteiger partial charge in [0.1, 0.15) is 0 Å². The van der Waals surface area contributed by atoms with Crippen molar-refractivity contribution < 1.29 is 19.1 Å². The smallest absolute Gasteiger partial charge is 0.309 e. The van der Waals surface area contributed by atoms with Crippen LogP contribution in [0.25, 0.3) is 0 Å². The highest BCUT2D eigenvalue weighted by molar-refractivity contribution is 5.76. The predicted octanol–water partition coefficient (Wildman–Crippen LogP) is 2.74. The third-order valence-corrected chi connectivity index (χ3v) is 3.46. The van der Waals surface area contributed by atoms with Crippen molar-refractivity contribution in [2.45, 2.75) is 26.7 Å². The largest absolute Gasteiger partial charge is 0.466 e. The fraction of sp³-hybridized carbons (Fsp3) is 0.625. The van der Waals surface area contributed by atoms with Crippen LogP contribution in [0, 0.1) is 23.7 Å². The normalized spacial score (nSPS) is 29.3. The maximum Gasteiger partial charge on any atom is 0.309 e. The molecule has 0 heterocycles. The Morgan fingerprint density at radius 1 is 0.950 bits per heavy atom. The molecule has 0 amide bonds. The first-order valence-electron chi connectivity index (χ1n) is 7.17. The van der Waals surface area contributed by atoms with E-state index in [2.05, 4.69) is 13.2 Å². The van der Waals surface area contributed by atoms with Gasteiger partial charge in [0.05, 0.1) is 25.0 Å². The standard InChI is InChI=1S/2C8H12O2/c2*1-3-6-5-7(6)8(9)10-4-2/h2*3,6-7H,1,4-5H2,2H3/t6-,7+;6-,7-/m01/s1. The van der Waals surface area contributed by atoms with Gasteiger partial charge < -0.3 is 9.47 Å². The minimum absolute atomic E-state index is 0.0626. The topological polar surface area (TPSA) is 52.6 Å². The van der Waals surface area contributed by atoms with Crippen molar-refractivity contribution in [2.24, 2.45) is 23.7 Å². The molecule has 4 atom stereocenters. The number of hydrogen-bond donors (Lipinski definition) is 0. The summed E-state index contributed by atoms with van der Waals surface area (Å²) in [5.74, 6) is 0.896. The molecule has 0 aromatic heterocycles. The lowest BCUT2D eigenvalue weighted by Gasteiger charge is -1.97. The highest BCUT2D eigenvalue weighted by Gasteiger charge is 2.42. The Morgan fingerprint density at radius 3 is 1.50 bits per heavy atom. The van der Waals surface area contributed by atoms with Crippen molar-refractivity contribution in [2.75, 3.05) is 13.2 Å². The van der Waals surface area contributed by atoms with Crippen LogP contribution in [-0.4, -0.2) is 25.2 Å². The second kappa shape index (κ2) is 7.88. The van der Waals surface area contributed by atoms with Crippen molar-refractivity contribution >= 4 is 11.9 Å². The van der Waals surface area contributed by atoms with Gasteiger partial charge in [0.2, 0.25) is 0 Å². The first-order chi connectivity index (χ1) is 9.58. The molecule has 0 N–H and O–H groups in total. The molecule has 0 aromatic rings. The van der Waals surface area contributed by atoms with Gasteiger partial charge in [-0.15, -0.1) is 13.2 Å². The summed E-state index contributed by atoms with van der Waals surface area (Å²) in [6, 6.07) is 0. The number of ether oxygens (including phenoxy) is 2. The third-order valence-electron chi connectivity index (χ3n) is 3.46. The Bertz CT molecular complexity index is 339. The zero-order valence-corrected chi connectivity index (χ0v) is 12.3. The molecule has 4 nitrogen and oxygen atoms in total. The molecule has 2 aliphatic rings. The summed E-state index contributed by atoms with van der Waals surface area (Å²) < 4.78 is 9.62. The van der Waals surface area contributed by atoms with Gasteiger partial charge in [-0.05, 0) is 38.5 Å². The van der Waals surface area contributed by atoms with Crippen LogP contribution < -0.4 is 0 Å². The lowest BCUT2D eigenvalue weighted by Crippen LogP contribution is -2.06. The van der Waals surface area contributed by atoms with E-state index in [1.807, 2.05) is 26.0 Å².